The molecule has 1 aromatic rings. The fourth-order valence-electron chi connectivity index (χ4n) is 2.52. The van der Waals surface area contributed by atoms with Gasteiger partial charge < -0.3 is 0 Å². The number of Topliss-reactive ketones (excluding diaryl/α,β-unsaturated/α-hetero) is 1. The second-order valence-electron chi connectivity index (χ2n) is 5.10. The summed E-state index contributed by atoms with van der Waals surface area (Å²) in [5, 5.41) is 0. The molecule has 2 rings (SSSR count). The number of aryl methyl sites for hydroxylation is 2. The lowest BCUT2D eigenvalue weighted by Gasteiger charge is -2.23. The van der Waals surface area contributed by atoms with Crippen LogP contribution in [0.4, 0.5) is 0 Å². The molecule has 17 heavy (non-hydrogen) atoms. The monoisotopic (exact) mass is 231 g/mol. The highest BCUT2D eigenvalue weighted by Crippen LogP contribution is 2.18. The van der Waals surface area contributed by atoms with Crippen LogP contribution >= 0.6 is 0 Å². The smallest absolute Gasteiger partial charge is 0.179 e. The highest BCUT2D eigenvalue weighted by atomic mass is 16.1. The molecule has 0 amide bonds. The van der Waals surface area contributed by atoms with Crippen LogP contribution in [0.5, 0.6) is 0 Å². The van der Waals surface area contributed by atoms with E-state index in [0.29, 0.717) is 0 Å². The van der Waals surface area contributed by atoms with Gasteiger partial charge in [-0.15, -0.1) is 0 Å². The molecule has 2 nitrogen and oxygen atoms in total. The highest BCUT2D eigenvalue weighted by Gasteiger charge is 2.25. The van der Waals surface area contributed by atoms with Gasteiger partial charge in [0.2, 0.25) is 0 Å². The predicted molar refractivity (Wildman–Crippen MR) is 70.5 cm³/mol. The maximum Gasteiger partial charge on any atom is 0.179 e. The molecule has 1 fully saturated rings. The molecular weight excluding hydrogens is 210 g/mol. The number of carbonyl (C=O) groups excluding carboxylic acids is 1. The summed E-state index contributed by atoms with van der Waals surface area (Å²) in [5.74, 6) is 0.271. The third-order valence-electron chi connectivity index (χ3n) is 3.73. The number of rotatable bonds is 3. The van der Waals surface area contributed by atoms with Gasteiger partial charge >= 0.3 is 0 Å². The van der Waals surface area contributed by atoms with E-state index >= 15 is 0 Å². The van der Waals surface area contributed by atoms with Gasteiger partial charge in [0, 0.05) is 5.56 Å². The summed E-state index contributed by atoms with van der Waals surface area (Å²) in [6.07, 6.45) is 2.45. The van der Waals surface area contributed by atoms with Crippen LogP contribution in [-0.4, -0.2) is 29.8 Å². The number of likely N-dealkylation sites (tertiary alicyclic amines) is 1. The third-order valence-corrected chi connectivity index (χ3v) is 3.73. The minimum Gasteiger partial charge on any atom is -0.294 e. The average molecular weight is 231 g/mol. The summed E-state index contributed by atoms with van der Waals surface area (Å²) in [5.41, 5.74) is 3.14. The zero-order chi connectivity index (χ0) is 12.4. The Hall–Kier alpha value is -1.15. The molecular formula is C15H21NO. The van der Waals surface area contributed by atoms with Crippen LogP contribution in [0.1, 0.15) is 41.3 Å². The molecule has 0 spiro atoms. The molecule has 1 saturated heterocycles. The van der Waals surface area contributed by atoms with E-state index in [0.717, 1.165) is 29.8 Å². The summed E-state index contributed by atoms with van der Waals surface area (Å²) < 4.78 is 0. The van der Waals surface area contributed by atoms with Crippen LogP contribution < -0.4 is 0 Å². The van der Waals surface area contributed by atoms with Crippen LogP contribution in [0.25, 0.3) is 0 Å². The number of ketones is 1. The third kappa shape index (κ3) is 2.58. The average Bonchev–Trinajstić information content (AvgIpc) is 2.84. The van der Waals surface area contributed by atoms with Crippen LogP contribution in [0.2, 0.25) is 0 Å². The number of hydrogen-bond acceptors (Lipinski definition) is 2. The first-order valence-electron chi connectivity index (χ1n) is 6.45. The summed E-state index contributed by atoms with van der Waals surface area (Å²) in [4.78, 5) is 14.8. The normalized spacial score (nSPS) is 18.3. The van der Waals surface area contributed by atoms with Crippen LogP contribution in [0.3, 0.4) is 0 Å². The standard InChI is InChI=1S/C15H21NO/c1-11-6-7-12(2)14(10-11)15(17)13(3)16-8-4-5-9-16/h6-7,10,13H,4-5,8-9H2,1-3H3. The van der Waals surface area contributed by atoms with Gasteiger partial charge in [-0.2, -0.15) is 0 Å². The Kier molecular flexibility index (Phi) is 3.63. The molecule has 1 atom stereocenters. The molecule has 0 bridgehead atoms. The Bertz CT molecular complexity index is 419. The van der Waals surface area contributed by atoms with Crippen molar-refractivity contribution in [3.05, 3.63) is 34.9 Å². The Labute approximate surface area is 104 Å². The highest BCUT2D eigenvalue weighted by molar-refractivity contribution is 6.01. The Morgan fingerprint density at radius 1 is 1.24 bits per heavy atom. The number of hydrogen-bond donors (Lipinski definition) is 0. The van der Waals surface area contributed by atoms with Gasteiger partial charge in [0.25, 0.3) is 0 Å². The van der Waals surface area contributed by atoms with Gasteiger partial charge in [0.15, 0.2) is 5.78 Å². The maximum atomic E-state index is 12.5. The first-order chi connectivity index (χ1) is 8.09. The van der Waals surface area contributed by atoms with Crippen molar-refractivity contribution in [1.29, 1.82) is 0 Å². The van der Waals surface area contributed by atoms with Gasteiger partial charge in [-0.25, -0.2) is 0 Å². The van der Waals surface area contributed by atoms with E-state index in [1.54, 1.807) is 0 Å². The van der Waals surface area contributed by atoms with E-state index in [4.69, 9.17) is 0 Å². The molecule has 0 radical (unpaired) electrons. The lowest BCUT2D eigenvalue weighted by molar-refractivity contribution is 0.0866. The molecule has 92 valence electrons. The zero-order valence-electron chi connectivity index (χ0n) is 11.0. The second kappa shape index (κ2) is 5.01. The quantitative estimate of drug-likeness (QED) is 0.745. The Balaban J connectivity index is 2.20. The van der Waals surface area contributed by atoms with Crippen LogP contribution in [-0.2, 0) is 0 Å². The molecule has 2 heteroatoms. The zero-order valence-corrected chi connectivity index (χ0v) is 11.0. The Morgan fingerprint density at radius 3 is 2.53 bits per heavy atom. The molecule has 0 saturated carbocycles. The minimum atomic E-state index is 0.0259. The first kappa shape index (κ1) is 12.3. The second-order valence-corrected chi connectivity index (χ2v) is 5.10. The predicted octanol–water partition coefficient (Wildman–Crippen LogP) is 2.97. The summed E-state index contributed by atoms with van der Waals surface area (Å²) >= 11 is 0. The van der Waals surface area contributed by atoms with Crippen LogP contribution in [0.15, 0.2) is 18.2 Å². The SMILES string of the molecule is Cc1ccc(C)c(C(=O)C(C)N2CCCC2)c1. The lowest BCUT2D eigenvalue weighted by atomic mass is 9.98. The van der Waals surface area contributed by atoms with Crippen molar-refractivity contribution in [3.8, 4) is 0 Å². The van der Waals surface area contributed by atoms with E-state index in [1.165, 1.54) is 12.8 Å². The van der Waals surface area contributed by atoms with Crippen LogP contribution in [0, 0.1) is 13.8 Å². The largest absolute Gasteiger partial charge is 0.294 e. The molecule has 1 heterocycles. The van der Waals surface area contributed by atoms with E-state index in [-0.39, 0.29) is 11.8 Å². The Morgan fingerprint density at radius 2 is 1.88 bits per heavy atom. The van der Waals surface area contributed by atoms with Gasteiger partial charge in [-0.3, -0.25) is 9.69 Å². The van der Waals surface area contributed by atoms with E-state index in [2.05, 4.69) is 11.0 Å². The van der Waals surface area contributed by atoms with Crippen molar-refractivity contribution in [3.63, 3.8) is 0 Å². The molecule has 1 aliphatic heterocycles. The fourth-order valence-corrected chi connectivity index (χ4v) is 2.52. The lowest BCUT2D eigenvalue weighted by Crippen LogP contribution is -2.37. The topological polar surface area (TPSA) is 20.3 Å². The van der Waals surface area contributed by atoms with E-state index in [1.807, 2.05) is 32.9 Å². The first-order valence-corrected chi connectivity index (χ1v) is 6.45. The van der Waals surface area contributed by atoms with Crippen molar-refractivity contribution >= 4 is 5.78 Å². The molecule has 0 aliphatic carbocycles. The molecule has 1 unspecified atom stereocenters. The van der Waals surface area contributed by atoms with E-state index in [9.17, 15) is 4.79 Å². The number of carbonyl (C=O) groups is 1. The van der Waals surface area contributed by atoms with Crippen molar-refractivity contribution in [1.82, 2.24) is 4.90 Å². The molecule has 1 aliphatic rings. The summed E-state index contributed by atoms with van der Waals surface area (Å²) in [6, 6.07) is 6.15. The van der Waals surface area contributed by atoms with Gasteiger partial charge in [0.1, 0.15) is 0 Å². The number of nitrogens with zero attached hydrogens (tertiary/aromatic N) is 1. The number of benzene rings is 1. The van der Waals surface area contributed by atoms with Gasteiger partial charge in [-0.1, -0.05) is 17.7 Å². The molecule has 0 aromatic heterocycles. The van der Waals surface area contributed by atoms with E-state index < -0.39 is 0 Å². The minimum absolute atomic E-state index is 0.0259. The van der Waals surface area contributed by atoms with Gasteiger partial charge in [0.05, 0.1) is 6.04 Å². The summed E-state index contributed by atoms with van der Waals surface area (Å²) in [7, 11) is 0. The van der Waals surface area contributed by atoms with Crippen molar-refractivity contribution < 1.29 is 4.79 Å². The maximum absolute atomic E-state index is 12.5. The van der Waals surface area contributed by atoms with Crippen molar-refractivity contribution in [2.24, 2.45) is 0 Å². The summed E-state index contributed by atoms with van der Waals surface area (Å²) in [6.45, 7) is 8.23. The van der Waals surface area contributed by atoms with Crippen molar-refractivity contribution in [2.75, 3.05) is 13.1 Å². The van der Waals surface area contributed by atoms with Crippen molar-refractivity contribution in [2.45, 2.75) is 39.7 Å². The molecule has 0 N–H and O–H groups in total. The molecule has 1 aromatic carbocycles. The fraction of sp³-hybridized carbons (Fsp3) is 0.533. The van der Waals surface area contributed by atoms with Gasteiger partial charge in [-0.05, 0) is 58.3 Å².